The molecule has 1 fully saturated rings. The molecule has 1 N–H and O–H groups in total. The van der Waals surface area contributed by atoms with Crippen LogP contribution in [0.2, 0.25) is 0 Å². The molecule has 1 amide bonds. The first-order valence-corrected chi connectivity index (χ1v) is 7.86. The third kappa shape index (κ3) is 3.77. The molecule has 1 saturated heterocycles. The number of halogens is 1. The monoisotopic (exact) mass is 334 g/mol. The molecule has 2 heterocycles. The summed E-state index contributed by atoms with van der Waals surface area (Å²) in [5.41, 5.74) is 2.48. The maximum atomic E-state index is 12.7. The van der Waals surface area contributed by atoms with Crippen molar-refractivity contribution < 1.29 is 9.21 Å². The topological polar surface area (TPSA) is 45.5 Å². The molecule has 0 radical (unpaired) electrons. The standard InChI is InChI=1S/C18H22N2O2.ClH/c1-3-14-5-7-15(8-6-14)16-12-19-10-11-20(16)18(21)17-9-4-13(2)22-17;/h4-9,16,19H,3,10-12H2,1-2H3;1H. The Balaban J connectivity index is 0.00000192. The molecule has 2 aromatic rings. The summed E-state index contributed by atoms with van der Waals surface area (Å²) in [6.07, 6.45) is 1.03. The molecule has 3 rings (SSSR count). The van der Waals surface area contributed by atoms with Gasteiger partial charge in [0, 0.05) is 19.6 Å². The van der Waals surface area contributed by atoms with Gasteiger partial charge in [0.05, 0.1) is 6.04 Å². The molecule has 124 valence electrons. The van der Waals surface area contributed by atoms with Crippen LogP contribution in [0.1, 0.15) is 40.4 Å². The predicted octanol–water partition coefficient (Wildman–Crippen LogP) is 3.36. The highest BCUT2D eigenvalue weighted by Gasteiger charge is 2.30. The van der Waals surface area contributed by atoms with Crippen molar-refractivity contribution in [2.45, 2.75) is 26.3 Å². The van der Waals surface area contributed by atoms with Gasteiger partial charge in [-0.1, -0.05) is 31.2 Å². The van der Waals surface area contributed by atoms with E-state index >= 15 is 0 Å². The van der Waals surface area contributed by atoms with Crippen LogP contribution in [0, 0.1) is 6.92 Å². The minimum Gasteiger partial charge on any atom is -0.456 e. The molecule has 1 aromatic carbocycles. The van der Waals surface area contributed by atoms with Gasteiger partial charge in [0.15, 0.2) is 5.76 Å². The molecule has 0 bridgehead atoms. The van der Waals surface area contributed by atoms with Crippen LogP contribution in [0.25, 0.3) is 0 Å². The molecule has 1 aliphatic heterocycles. The summed E-state index contributed by atoms with van der Waals surface area (Å²) in [6, 6.07) is 12.2. The number of nitrogens with zero attached hydrogens (tertiary/aromatic N) is 1. The Morgan fingerprint density at radius 3 is 2.61 bits per heavy atom. The van der Waals surface area contributed by atoms with Gasteiger partial charge in [-0.05, 0) is 36.6 Å². The Bertz CT molecular complexity index is 651. The summed E-state index contributed by atoms with van der Waals surface area (Å²) in [6.45, 7) is 6.28. The minimum absolute atomic E-state index is 0. The quantitative estimate of drug-likeness (QED) is 0.936. The first-order valence-electron chi connectivity index (χ1n) is 7.86. The van der Waals surface area contributed by atoms with Crippen LogP contribution in [0.15, 0.2) is 40.8 Å². The average Bonchev–Trinajstić information content (AvgIpc) is 3.01. The van der Waals surface area contributed by atoms with Crippen LogP contribution in [0.4, 0.5) is 0 Å². The van der Waals surface area contributed by atoms with Gasteiger partial charge >= 0.3 is 0 Å². The summed E-state index contributed by atoms with van der Waals surface area (Å²) in [5.74, 6) is 1.16. The number of hydrogen-bond acceptors (Lipinski definition) is 3. The summed E-state index contributed by atoms with van der Waals surface area (Å²) in [5, 5.41) is 3.38. The number of rotatable bonds is 3. The fraction of sp³-hybridized carbons (Fsp3) is 0.389. The van der Waals surface area contributed by atoms with Crippen LogP contribution in [0.3, 0.4) is 0 Å². The van der Waals surface area contributed by atoms with Crippen molar-refractivity contribution in [1.82, 2.24) is 10.2 Å². The Hall–Kier alpha value is -1.78. The normalized spacial score (nSPS) is 17.7. The van der Waals surface area contributed by atoms with Crippen LogP contribution in [-0.4, -0.2) is 30.4 Å². The number of piperazine rings is 1. The van der Waals surface area contributed by atoms with Crippen LogP contribution in [0.5, 0.6) is 0 Å². The largest absolute Gasteiger partial charge is 0.456 e. The highest BCUT2D eigenvalue weighted by atomic mass is 35.5. The van der Waals surface area contributed by atoms with E-state index in [2.05, 4.69) is 36.5 Å². The fourth-order valence-corrected chi connectivity index (χ4v) is 2.91. The van der Waals surface area contributed by atoms with E-state index < -0.39 is 0 Å². The number of furan rings is 1. The van der Waals surface area contributed by atoms with Crippen LogP contribution in [-0.2, 0) is 6.42 Å². The third-order valence-electron chi connectivity index (χ3n) is 4.23. The number of benzene rings is 1. The van der Waals surface area contributed by atoms with Gasteiger partial charge in [0.2, 0.25) is 0 Å². The Morgan fingerprint density at radius 2 is 2.00 bits per heavy atom. The second-order valence-corrected chi connectivity index (χ2v) is 5.72. The number of aryl methyl sites for hydroxylation is 2. The highest BCUT2D eigenvalue weighted by Crippen LogP contribution is 2.25. The maximum absolute atomic E-state index is 12.7. The molecule has 1 aliphatic rings. The summed E-state index contributed by atoms with van der Waals surface area (Å²) >= 11 is 0. The summed E-state index contributed by atoms with van der Waals surface area (Å²) in [7, 11) is 0. The van der Waals surface area contributed by atoms with E-state index in [0.29, 0.717) is 12.3 Å². The van der Waals surface area contributed by atoms with E-state index in [-0.39, 0.29) is 24.4 Å². The van der Waals surface area contributed by atoms with Crippen molar-refractivity contribution in [2.24, 2.45) is 0 Å². The zero-order chi connectivity index (χ0) is 15.5. The molecule has 0 spiro atoms. The van der Waals surface area contributed by atoms with Crippen molar-refractivity contribution in [1.29, 1.82) is 0 Å². The van der Waals surface area contributed by atoms with E-state index in [1.807, 2.05) is 17.9 Å². The molecular formula is C18H23ClN2O2. The molecular weight excluding hydrogens is 312 g/mol. The van der Waals surface area contributed by atoms with E-state index in [0.717, 1.165) is 25.3 Å². The maximum Gasteiger partial charge on any atom is 0.290 e. The SMILES string of the molecule is CCc1ccc(C2CNCCN2C(=O)c2ccc(C)o2)cc1.Cl. The molecule has 1 unspecified atom stereocenters. The molecule has 4 nitrogen and oxygen atoms in total. The lowest BCUT2D eigenvalue weighted by Gasteiger charge is -2.36. The lowest BCUT2D eigenvalue weighted by atomic mass is 10.0. The predicted molar refractivity (Wildman–Crippen MR) is 93.2 cm³/mol. The number of carbonyl (C=O) groups is 1. The first-order chi connectivity index (χ1) is 10.7. The van der Waals surface area contributed by atoms with E-state index in [1.165, 1.54) is 11.1 Å². The minimum atomic E-state index is -0.0285. The Morgan fingerprint density at radius 1 is 1.26 bits per heavy atom. The van der Waals surface area contributed by atoms with Crippen LogP contribution >= 0.6 is 12.4 Å². The van der Waals surface area contributed by atoms with Gasteiger partial charge < -0.3 is 14.6 Å². The van der Waals surface area contributed by atoms with Gasteiger partial charge in [0.25, 0.3) is 5.91 Å². The molecule has 1 aromatic heterocycles. The van der Waals surface area contributed by atoms with Crippen molar-refractivity contribution in [2.75, 3.05) is 19.6 Å². The first kappa shape index (κ1) is 17.6. The molecule has 1 atom stereocenters. The fourth-order valence-electron chi connectivity index (χ4n) is 2.91. The van der Waals surface area contributed by atoms with Crippen molar-refractivity contribution >= 4 is 18.3 Å². The third-order valence-corrected chi connectivity index (χ3v) is 4.23. The summed E-state index contributed by atoms with van der Waals surface area (Å²) in [4.78, 5) is 14.6. The van der Waals surface area contributed by atoms with Crippen molar-refractivity contribution in [3.05, 3.63) is 59.0 Å². The van der Waals surface area contributed by atoms with Crippen molar-refractivity contribution in [3.8, 4) is 0 Å². The van der Waals surface area contributed by atoms with Gasteiger partial charge in [-0.25, -0.2) is 0 Å². The van der Waals surface area contributed by atoms with Crippen LogP contribution < -0.4 is 5.32 Å². The average molecular weight is 335 g/mol. The molecule has 0 saturated carbocycles. The second kappa shape index (κ2) is 7.66. The number of nitrogens with one attached hydrogen (secondary N) is 1. The smallest absolute Gasteiger partial charge is 0.290 e. The lowest BCUT2D eigenvalue weighted by molar-refractivity contribution is 0.0600. The van der Waals surface area contributed by atoms with E-state index in [4.69, 9.17) is 4.42 Å². The highest BCUT2D eigenvalue weighted by molar-refractivity contribution is 5.92. The van der Waals surface area contributed by atoms with Crippen molar-refractivity contribution in [3.63, 3.8) is 0 Å². The zero-order valence-electron chi connectivity index (χ0n) is 13.5. The van der Waals surface area contributed by atoms with Gasteiger partial charge in [0.1, 0.15) is 5.76 Å². The number of carbonyl (C=O) groups excluding carboxylic acids is 1. The van der Waals surface area contributed by atoms with Gasteiger partial charge in [-0.3, -0.25) is 4.79 Å². The summed E-state index contributed by atoms with van der Waals surface area (Å²) < 4.78 is 5.51. The molecule has 23 heavy (non-hydrogen) atoms. The number of amides is 1. The second-order valence-electron chi connectivity index (χ2n) is 5.72. The lowest BCUT2D eigenvalue weighted by Crippen LogP contribution is -2.48. The molecule has 5 heteroatoms. The zero-order valence-corrected chi connectivity index (χ0v) is 14.4. The van der Waals surface area contributed by atoms with E-state index in [9.17, 15) is 4.79 Å². The number of hydrogen-bond donors (Lipinski definition) is 1. The van der Waals surface area contributed by atoms with Gasteiger partial charge in [-0.2, -0.15) is 0 Å². The van der Waals surface area contributed by atoms with E-state index in [1.54, 1.807) is 6.07 Å². The Kier molecular flexibility index (Phi) is 5.85. The molecule has 0 aliphatic carbocycles. The van der Waals surface area contributed by atoms with Gasteiger partial charge in [-0.15, -0.1) is 12.4 Å². The Labute approximate surface area is 143 Å².